The molecule has 0 saturated heterocycles. The highest BCUT2D eigenvalue weighted by Crippen LogP contribution is 2.33. The van der Waals surface area contributed by atoms with Crippen molar-refractivity contribution < 1.29 is 14.3 Å². The summed E-state index contributed by atoms with van der Waals surface area (Å²) < 4.78 is 5.83. The lowest BCUT2D eigenvalue weighted by Gasteiger charge is -2.17. The van der Waals surface area contributed by atoms with Gasteiger partial charge in [-0.15, -0.1) is 0 Å². The number of hydrogen-bond donors (Lipinski definition) is 1. The summed E-state index contributed by atoms with van der Waals surface area (Å²) in [6, 6.07) is 5.45. The molecular formula is C15H17NO3. The van der Waals surface area contributed by atoms with Gasteiger partial charge in [0.15, 0.2) is 11.5 Å². The van der Waals surface area contributed by atoms with Gasteiger partial charge >= 0.3 is 5.97 Å². The number of fused-ring (bicyclic) bond motifs is 1. The molecule has 1 N–H and O–H groups in total. The highest BCUT2D eigenvalue weighted by molar-refractivity contribution is 5.76. The van der Waals surface area contributed by atoms with Crippen LogP contribution in [0.15, 0.2) is 22.6 Å². The standard InChI is InChI=1S/C15H17NO3/c17-14(18)9-10-6-7-12-13(8-10)19-15(16-12)11-4-2-1-3-5-11/h6-8,11H,1-5,9H2,(H,17,18). The van der Waals surface area contributed by atoms with Gasteiger partial charge in [-0.05, 0) is 30.5 Å². The van der Waals surface area contributed by atoms with E-state index in [0.29, 0.717) is 11.5 Å². The molecule has 19 heavy (non-hydrogen) atoms. The number of oxazole rings is 1. The maximum atomic E-state index is 10.7. The highest BCUT2D eigenvalue weighted by Gasteiger charge is 2.20. The Balaban J connectivity index is 1.89. The minimum absolute atomic E-state index is 0.0232. The molecule has 100 valence electrons. The molecule has 1 aromatic heterocycles. The van der Waals surface area contributed by atoms with E-state index in [1.807, 2.05) is 12.1 Å². The summed E-state index contributed by atoms with van der Waals surface area (Å²) in [4.78, 5) is 15.3. The average Bonchev–Trinajstić information content (AvgIpc) is 2.82. The fraction of sp³-hybridized carbons (Fsp3) is 0.467. The van der Waals surface area contributed by atoms with Crippen molar-refractivity contribution in [3.8, 4) is 0 Å². The molecule has 0 unspecified atom stereocenters. The van der Waals surface area contributed by atoms with Crippen molar-refractivity contribution in [2.24, 2.45) is 0 Å². The monoisotopic (exact) mass is 259 g/mol. The lowest BCUT2D eigenvalue weighted by molar-refractivity contribution is -0.136. The molecule has 1 aliphatic rings. The molecule has 3 rings (SSSR count). The lowest BCUT2D eigenvalue weighted by atomic mass is 9.89. The molecule has 4 heteroatoms. The fourth-order valence-electron chi connectivity index (χ4n) is 2.80. The Kier molecular flexibility index (Phi) is 3.23. The van der Waals surface area contributed by atoms with Crippen LogP contribution in [-0.2, 0) is 11.2 Å². The molecule has 0 amide bonds. The van der Waals surface area contributed by atoms with Crippen molar-refractivity contribution in [1.29, 1.82) is 0 Å². The van der Waals surface area contributed by atoms with Crippen molar-refractivity contribution in [3.63, 3.8) is 0 Å². The molecule has 1 heterocycles. The zero-order valence-electron chi connectivity index (χ0n) is 10.8. The molecule has 1 fully saturated rings. The van der Waals surface area contributed by atoms with Crippen LogP contribution in [0, 0.1) is 0 Å². The van der Waals surface area contributed by atoms with Gasteiger partial charge in [0.2, 0.25) is 0 Å². The number of aromatic nitrogens is 1. The molecule has 1 aromatic carbocycles. The number of aliphatic carboxylic acids is 1. The van der Waals surface area contributed by atoms with E-state index in [9.17, 15) is 4.79 Å². The second-order valence-electron chi connectivity index (χ2n) is 5.26. The van der Waals surface area contributed by atoms with Gasteiger partial charge in [0, 0.05) is 5.92 Å². The lowest BCUT2D eigenvalue weighted by Crippen LogP contribution is -2.04. The third-order valence-corrected chi connectivity index (χ3v) is 3.78. The first-order valence-electron chi connectivity index (χ1n) is 6.83. The summed E-state index contributed by atoms with van der Waals surface area (Å²) in [5.74, 6) is 0.428. The normalized spacial score (nSPS) is 16.8. The molecule has 4 nitrogen and oxygen atoms in total. The fourth-order valence-corrected chi connectivity index (χ4v) is 2.80. The predicted octanol–water partition coefficient (Wildman–Crippen LogP) is 3.50. The van der Waals surface area contributed by atoms with Crippen LogP contribution in [0.1, 0.15) is 49.5 Å². The summed E-state index contributed by atoms with van der Waals surface area (Å²) >= 11 is 0. The zero-order chi connectivity index (χ0) is 13.2. The first-order chi connectivity index (χ1) is 9.22. The van der Waals surface area contributed by atoms with Crippen LogP contribution in [0.3, 0.4) is 0 Å². The Bertz CT molecular complexity index is 596. The maximum Gasteiger partial charge on any atom is 0.307 e. The summed E-state index contributed by atoms with van der Waals surface area (Å²) in [6.07, 6.45) is 6.11. The van der Waals surface area contributed by atoms with Crippen LogP contribution in [0.4, 0.5) is 0 Å². The molecule has 0 radical (unpaired) electrons. The highest BCUT2D eigenvalue weighted by atomic mass is 16.4. The Hall–Kier alpha value is -1.84. The predicted molar refractivity (Wildman–Crippen MR) is 71.2 cm³/mol. The van der Waals surface area contributed by atoms with Crippen LogP contribution in [-0.4, -0.2) is 16.1 Å². The van der Waals surface area contributed by atoms with E-state index in [0.717, 1.165) is 29.8 Å². The first kappa shape index (κ1) is 12.2. The quantitative estimate of drug-likeness (QED) is 0.916. The van der Waals surface area contributed by atoms with E-state index in [4.69, 9.17) is 9.52 Å². The van der Waals surface area contributed by atoms with Gasteiger partial charge in [-0.25, -0.2) is 4.98 Å². The van der Waals surface area contributed by atoms with E-state index in [1.54, 1.807) is 6.07 Å². The second kappa shape index (κ2) is 5.03. The zero-order valence-corrected chi connectivity index (χ0v) is 10.8. The van der Waals surface area contributed by atoms with Crippen molar-refractivity contribution in [3.05, 3.63) is 29.7 Å². The summed E-state index contributed by atoms with van der Waals surface area (Å²) in [5.41, 5.74) is 2.29. The Labute approximate surface area is 111 Å². The number of rotatable bonds is 3. The van der Waals surface area contributed by atoms with Gasteiger partial charge < -0.3 is 9.52 Å². The third-order valence-electron chi connectivity index (χ3n) is 3.78. The molecule has 0 aliphatic heterocycles. The number of carbonyl (C=O) groups is 1. The molecule has 2 aromatic rings. The Morgan fingerprint density at radius 1 is 1.32 bits per heavy atom. The maximum absolute atomic E-state index is 10.7. The molecule has 1 aliphatic carbocycles. The summed E-state index contributed by atoms with van der Waals surface area (Å²) in [6.45, 7) is 0. The van der Waals surface area contributed by atoms with E-state index >= 15 is 0 Å². The summed E-state index contributed by atoms with van der Waals surface area (Å²) in [5, 5.41) is 8.80. The minimum Gasteiger partial charge on any atom is -0.481 e. The van der Waals surface area contributed by atoms with Gasteiger partial charge in [-0.1, -0.05) is 25.3 Å². The average molecular weight is 259 g/mol. The number of carboxylic acid groups (broad SMARTS) is 1. The Morgan fingerprint density at radius 2 is 2.11 bits per heavy atom. The minimum atomic E-state index is -0.827. The Morgan fingerprint density at radius 3 is 2.84 bits per heavy atom. The van der Waals surface area contributed by atoms with Gasteiger partial charge in [0.05, 0.1) is 6.42 Å². The smallest absolute Gasteiger partial charge is 0.307 e. The second-order valence-corrected chi connectivity index (χ2v) is 5.26. The van der Waals surface area contributed by atoms with E-state index < -0.39 is 5.97 Å². The number of nitrogens with zero attached hydrogens (tertiary/aromatic N) is 1. The number of hydrogen-bond acceptors (Lipinski definition) is 3. The first-order valence-corrected chi connectivity index (χ1v) is 6.83. The van der Waals surface area contributed by atoms with Gasteiger partial charge in [0.25, 0.3) is 0 Å². The molecule has 0 atom stereocenters. The van der Waals surface area contributed by atoms with Crippen LogP contribution in [0.2, 0.25) is 0 Å². The van der Waals surface area contributed by atoms with Crippen molar-refractivity contribution in [2.45, 2.75) is 44.4 Å². The molecular weight excluding hydrogens is 242 g/mol. The SMILES string of the molecule is O=C(O)Cc1ccc2nc(C3CCCCC3)oc2c1. The molecule has 0 spiro atoms. The molecule has 0 bridgehead atoms. The van der Waals surface area contributed by atoms with Crippen LogP contribution >= 0.6 is 0 Å². The largest absolute Gasteiger partial charge is 0.481 e. The topological polar surface area (TPSA) is 63.3 Å². The number of benzene rings is 1. The van der Waals surface area contributed by atoms with Gasteiger partial charge in [-0.2, -0.15) is 0 Å². The molecule has 1 saturated carbocycles. The van der Waals surface area contributed by atoms with Crippen molar-refractivity contribution in [2.75, 3.05) is 0 Å². The van der Waals surface area contributed by atoms with Crippen molar-refractivity contribution in [1.82, 2.24) is 4.98 Å². The van der Waals surface area contributed by atoms with E-state index in [1.165, 1.54) is 19.3 Å². The van der Waals surface area contributed by atoms with Crippen LogP contribution in [0.5, 0.6) is 0 Å². The van der Waals surface area contributed by atoms with Gasteiger partial charge in [-0.3, -0.25) is 4.79 Å². The van der Waals surface area contributed by atoms with Crippen molar-refractivity contribution >= 4 is 17.1 Å². The van der Waals surface area contributed by atoms with Crippen LogP contribution < -0.4 is 0 Å². The summed E-state index contributed by atoms with van der Waals surface area (Å²) in [7, 11) is 0. The number of carboxylic acids is 1. The third kappa shape index (κ3) is 2.62. The van der Waals surface area contributed by atoms with Crippen LogP contribution in [0.25, 0.3) is 11.1 Å². The van der Waals surface area contributed by atoms with Gasteiger partial charge in [0.1, 0.15) is 5.52 Å². The van der Waals surface area contributed by atoms with E-state index in [2.05, 4.69) is 4.98 Å². The van der Waals surface area contributed by atoms with E-state index in [-0.39, 0.29) is 6.42 Å².